The van der Waals surface area contributed by atoms with Crippen LogP contribution in [0.5, 0.6) is 11.5 Å². The maximum Gasteiger partial charge on any atom is 0.311 e. The molecule has 4 nitrogen and oxygen atoms in total. The summed E-state index contributed by atoms with van der Waals surface area (Å²) in [7, 11) is 3.47. The van der Waals surface area contributed by atoms with Crippen molar-refractivity contribution in [3.63, 3.8) is 0 Å². The maximum absolute atomic E-state index is 13.9. The molecule has 2 aromatic carbocycles. The van der Waals surface area contributed by atoms with Crippen molar-refractivity contribution >= 4 is 5.97 Å². The molecule has 43 heavy (non-hydrogen) atoms. The Morgan fingerprint density at radius 3 is 2.12 bits per heavy atom. The fourth-order valence-corrected chi connectivity index (χ4v) is 7.54. The Bertz CT molecular complexity index is 1290. The van der Waals surface area contributed by atoms with Gasteiger partial charge in [-0.15, -0.1) is 0 Å². The molecule has 5 heteroatoms. The van der Waals surface area contributed by atoms with Crippen molar-refractivity contribution in [2.24, 2.45) is 22.7 Å². The van der Waals surface area contributed by atoms with Crippen LogP contribution >= 0.6 is 0 Å². The average molecular weight is 593 g/mol. The number of allylic oxidation sites excluding steroid dienone is 1. The third-order valence-electron chi connectivity index (χ3n) is 10.5. The van der Waals surface area contributed by atoms with Crippen LogP contribution in [0, 0.1) is 28.5 Å². The van der Waals surface area contributed by atoms with E-state index in [-0.39, 0.29) is 34.5 Å². The van der Waals surface area contributed by atoms with Gasteiger partial charge in [-0.1, -0.05) is 72.1 Å². The number of unbranched alkanes of at least 4 members (excludes halogenated alkanes) is 2. The lowest BCUT2D eigenvalue weighted by Gasteiger charge is -2.59. The maximum atomic E-state index is 13.9. The number of rotatable bonds is 12. The van der Waals surface area contributed by atoms with E-state index in [9.17, 15) is 9.18 Å². The summed E-state index contributed by atoms with van der Waals surface area (Å²) in [5, 5.41) is 0. The van der Waals surface area contributed by atoms with Gasteiger partial charge in [0.1, 0.15) is 23.9 Å². The first-order chi connectivity index (χ1) is 20.2. The first-order valence-electron chi connectivity index (χ1n) is 16.1. The lowest BCUT2D eigenvalue weighted by atomic mass is 9.45. The molecule has 0 aliphatic heterocycles. The molecule has 0 radical (unpaired) electrons. The number of benzene rings is 2. The average Bonchev–Trinajstić information content (AvgIpc) is 2.96. The van der Waals surface area contributed by atoms with Gasteiger partial charge in [0.05, 0.1) is 19.6 Å². The monoisotopic (exact) mass is 592 g/mol. The van der Waals surface area contributed by atoms with Gasteiger partial charge in [-0.3, -0.25) is 4.79 Å². The van der Waals surface area contributed by atoms with Crippen molar-refractivity contribution in [3.05, 3.63) is 70.6 Å². The molecule has 5 rings (SSSR count). The predicted molar refractivity (Wildman–Crippen MR) is 172 cm³/mol. The van der Waals surface area contributed by atoms with E-state index in [4.69, 9.17) is 14.2 Å². The Morgan fingerprint density at radius 1 is 1.00 bits per heavy atom. The van der Waals surface area contributed by atoms with Gasteiger partial charge in [0, 0.05) is 11.5 Å². The van der Waals surface area contributed by atoms with E-state index in [1.807, 2.05) is 32.9 Å². The number of methoxy groups -OCH3 is 2. The molecule has 1 saturated carbocycles. The highest BCUT2D eigenvalue weighted by Gasteiger charge is 2.56. The highest BCUT2D eigenvalue weighted by atomic mass is 19.1. The molecule has 0 amide bonds. The number of esters is 1. The van der Waals surface area contributed by atoms with E-state index >= 15 is 0 Å². The molecule has 0 unspecified atom stereocenters. The third-order valence-corrected chi connectivity index (χ3v) is 10.5. The smallest absolute Gasteiger partial charge is 0.311 e. The van der Waals surface area contributed by atoms with Gasteiger partial charge in [-0.2, -0.15) is 0 Å². The minimum absolute atomic E-state index is 0.0732. The molecule has 0 spiro atoms. The molecule has 0 saturated heterocycles. The predicted octanol–water partition coefficient (Wildman–Crippen LogP) is 9.76. The van der Waals surface area contributed by atoms with Gasteiger partial charge >= 0.3 is 5.97 Å². The summed E-state index contributed by atoms with van der Waals surface area (Å²) in [6, 6.07) is 11.4. The Hall–Kier alpha value is -2.82. The first-order valence-corrected chi connectivity index (χ1v) is 16.1. The molecular weight excluding hydrogens is 539 g/mol. The number of ether oxygens (including phenoxy) is 3. The quantitative estimate of drug-likeness (QED) is 0.140. The molecule has 3 aliphatic rings. The van der Waals surface area contributed by atoms with Gasteiger partial charge in [0.15, 0.2) is 0 Å². The van der Waals surface area contributed by atoms with Crippen molar-refractivity contribution in [2.75, 3.05) is 20.8 Å². The molecule has 2 aromatic rings. The van der Waals surface area contributed by atoms with E-state index < -0.39 is 5.41 Å². The van der Waals surface area contributed by atoms with Crippen molar-refractivity contribution in [2.45, 2.75) is 105 Å². The molecule has 0 N–H and O–H groups in total. The van der Waals surface area contributed by atoms with Crippen molar-refractivity contribution in [3.8, 4) is 11.5 Å². The van der Waals surface area contributed by atoms with E-state index in [1.165, 1.54) is 12.0 Å². The molecular formula is C38H53FO4. The topological polar surface area (TPSA) is 44.8 Å². The zero-order chi connectivity index (χ0) is 31.7. The molecule has 4 atom stereocenters. The molecule has 0 aromatic heterocycles. The van der Waals surface area contributed by atoms with Crippen LogP contribution in [0.4, 0.5) is 4.39 Å². The first kappa shape index (κ1) is 33.1. The van der Waals surface area contributed by atoms with E-state index in [1.54, 1.807) is 26.4 Å². The normalized spacial score (nSPS) is 21.8. The molecule has 0 heterocycles. The van der Waals surface area contributed by atoms with Crippen LogP contribution in [0.3, 0.4) is 0 Å². The van der Waals surface area contributed by atoms with Gasteiger partial charge in [-0.05, 0) is 103 Å². The van der Waals surface area contributed by atoms with Crippen LogP contribution in [-0.2, 0) is 14.9 Å². The van der Waals surface area contributed by atoms with Crippen LogP contribution in [0.1, 0.15) is 116 Å². The van der Waals surface area contributed by atoms with Crippen LogP contribution in [-0.4, -0.2) is 26.8 Å². The summed E-state index contributed by atoms with van der Waals surface area (Å²) in [6.07, 6.45) is 7.81. The number of carbonyl (C=O) groups is 1. The summed E-state index contributed by atoms with van der Waals surface area (Å²) in [5.41, 5.74) is 3.81. The number of hydrogen-bond donors (Lipinski definition) is 0. The number of carbonyl (C=O) groups excluding carboxylic acids is 1. The fraction of sp³-hybridized carbons (Fsp3) is 0.605. The zero-order valence-electron chi connectivity index (χ0n) is 28.1. The standard InChI is InChI=1S/C38H53FO4/c1-11-12-13-14-29(24-15-17-27(39)18-16-24)37(5,6)26-20-32(41-9)34(33(21-26)42-10)28-19-25(23-43-35(40)36(2,3)4)30-22-31(28)38(30,7)8/h15-21,28-31H,11-14,22-23H2,1-10H3/t28-,29+,30+,31-/m0/s1. The molecule has 3 aliphatic carbocycles. The highest BCUT2D eigenvalue weighted by Crippen LogP contribution is 2.65. The summed E-state index contributed by atoms with van der Waals surface area (Å²) in [5.74, 6) is 2.37. The van der Waals surface area contributed by atoms with Crippen molar-refractivity contribution in [1.82, 2.24) is 0 Å². The zero-order valence-corrected chi connectivity index (χ0v) is 28.1. The molecule has 2 bridgehead atoms. The van der Waals surface area contributed by atoms with Crippen LogP contribution < -0.4 is 9.47 Å². The Morgan fingerprint density at radius 2 is 1.60 bits per heavy atom. The van der Waals surface area contributed by atoms with Crippen molar-refractivity contribution < 1.29 is 23.4 Å². The van der Waals surface area contributed by atoms with Crippen LogP contribution in [0.2, 0.25) is 0 Å². The fourth-order valence-electron chi connectivity index (χ4n) is 7.54. The second-order valence-corrected chi connectivity index (χ2v) is 14.9. The Balaban J connectivity index is 1.75. The Labute approximate surface area is 259 Å². The third kappa shape index (κ3) is 6.51. The molecule has 236 valence electrons. The number of fused-ring (bicyclic) bond motifs is 1. The number of halogens is 1. The summed E-state index contributed by atoms with van der Waals surface area (Å²) in [6.45, 7) is 17.4. The van der Waals surface area contributed by atoms with Gasteiger partial charge in [0.2, 0.25) is 0 Å². The summed E-state index contributed by atoms with van der Waals surface area (Å²) in [4.78, 5) is 12.6. The Kier molecular flexibility index (Phi) is 9.74. The largest absolute Gasteiger partial charge is 0.496 e. The van der Waals surface area contributed by atoms with Crippen LogP contribution in [0.25, 0.3) is 0 Å². The van der Waals surface area contributed by atoms with Gasteiger partial charge in [-0.25, -0.2) is 4.39 Å². The van der Waals surface area contributed by atoms with Gasteiger partial charge in [0.25, 0.3) is 0 Å². The summed E-state index contributed by atoms with van der Waals surface area (Å²) < 4.78 is 32.0. The summed E-state index contributed by atoms with van der Waals surface area (Å²) >= 11 is 0. The lowest BCUT2D eigenvalue weighted by Crippen LogP contribution is -2.52. The number of hydrogen-bond acceptors (Lipinski definition) is 4. The van der Waals surface area contributed by atoms with E-state index in [0.717, 1.165) is 53.9 Å². The second-order valence-electron chi connectivity index (χ2n) is 14.9. The van der Waals surface area contributed by atoms with E-state index in [2.05, 4.69) is 52.8 Å². The SMILES string of the molecule is CCCCC[C@H](c1ccc(F)cc1)C(C)(C)c1cc(OC)c([C@H]2C=C(COC(=O)C(C)(C)C)[C@H]3C[C@@H]2C3(C)C)c(OC)c1. The van der Waals surface area contributed by atoms with E-state index in [0.29, 0.717) is 18.4 Å². The van der Waals surface area contributed by atoms with Crippen molar-refractivity contribution in [1.29, 1.82) is 0 Å². The lowest BCUT2D eigenvalue weighted by molar-refractivity contribution is -0.152. The second kappa shape index (κ2) is 12.7. The van der Waals surface area contributed by atoms with Crippen LogP contribution in [0.15, 0.2) is 48.0 Å². The minimum Gasteiger partial charge on any atom is -0.496 e. The highest BCUT2D eigenvalue weighted by molar-refractivity contribution is 5.75. The molecule has 1 fully saturated rings. The minimum atomic E-state index is -0.538. The van der Waals surface area contributed by atoms with Gasteiger partial charge < -0.3 is 14.2 Å².